The van der Waals surface area contributed by atoms with Crippen LogP contribution in [0, 0.1) is 0 Å². The van der Waals surface area contributed by atoms with Gasteiger partial charge in [0.15, 0.2) is 5.79 Å². The monoisotopic (exact) mass is 215 g/mol. The summed E-state index contributed by atoms with van der Waals surface area (Å²) < 4.78 is 14.6. The van der Waals surface area contributed by atoms with Crippen LogP contribution >= 0.6 is 0 Å². The number of rotatable bonds is 1. The molecular formula is C14H14FN. The quantitative estimate of drug-likeness (QED) is 0.650. The molecule has 1 unspecified atom stereocenters. The van der Waals surface area contributed by atoms with E-state index >= 15 is 0 Å². The Hall–Kier alpha value is -1.41. The summed E-state index contributed by atoms with van der Waals surface area (Å²) in [5.74, 6) is -1.30. The first-order chi connectivity index (χ1) is 7.78. The van der Waals surface area contributed by atoms with E-state index in [9.17, 15) is 4.39 Å². The van der Waals surface area contributed by atoms with Crippen molar-refractivity contribution in [1.82, 2.24) is 4.90 Å². The van der Waals surface area contributed by atoms with Gasteiger partial charge in [-0.1, -0.05) is 42.5 Å². The van der Waals surface area contributed by atoms with Gasteiger partial charge in [0.25, 0.3) is 0 Å². The second-order valence-corrected chi connectivity index (χ2v) is 4.43. The van der Waals surface area contributed by atoms with Crippen LogP contribution in [0.25, 0.3) is 0 Å². The largest absolute Gasteiger partial charge is 0.259 e. The Labute approximate surface area is 94.9 Å². The predicted octanol–water partition coefficient (Wildman–Crippen LogP) is 3.18. The lowest BCUT2D eigenvalue weighted by molar-refractivity contribution is 0.00633. The van der Waals surface area contributed by atoms with Crippen LogP contribution in [0.15, 0.2) is 48.6 Å². The number of halogens is 1. The van der Waals surface area contributed by atoms with Crippen LogP contribution in [0.5, 0.6) is 0 Å². The molecule has 0 saturated carbocycles. The van der Waals surface area contributed by atoms with Gasteiger partial charge in [-0.25, -0.2) is 4.39 Å². The lowest BCUT2D eigenvalue weighted by Gasteiger charge is -2.32. The Bertz CT molecular complexity index is 439. The Balaban J connectivity index is 1.86. The van der Waals surface area contributed by atoms with Crippen molar-refractivity contribution in [3.63, 3.8) is 0 Å². The normalized spacial score (nSPS) is 28.3. The van der Waals surface area contributed by atoms with Crippen molar-refractivity contribution >= 4 is 0 Å². The highest BCUT2D eigenvalue weighted by molar-refractivity contribution is 5.32. The number of alkyl halides is 1. The fourth-order valence-corrected chi connectivity index (χ4v) is 2.41. The molecule has 0 aromatic heterocycles. The van der Waals surface area contributed by atoms with Gasteiger partial charge in [0, 0.05) is 19.5 Å². The molecule has 0 fully saturated rings. The number of hydrogen-bond donors (Lipinski definition) is 0. The minimum Gasteiger partial charge on any atom is -0.259 e. The second-order valence-electron chi connectivity index (χ2n) is 4.43. The smallest absolute Gasteiger partial charge is 0.187 e. The van der Waals surface area contributed by atoms with Gasteiger partial charge in [-0.3, -0.25) is 4.90 Å². The van der Waals surface area contributed by atoms with Crippen molar-refractivity contribution in [3.05, 3.63) is 59.7 Å². The zero-order chi connectivity index (χ0) is 11.0. The molecule has 16 heavy (non-hydrogen) atoms. The summed E-state index contributed by atoms with van der Waals surface area (Å²) >= 11 is 0. The van der Waals surface area contributed by atoms with Crippen molar-refractivity contribution in [3.8, 4) is 0 Å². The molecule has 1 aromatic rings. The first-order valence-electron chi connectivity index (χ1n) is 5.63. The fourth-order valence-electron chi connectivity index (χ4n) is 2.41. The lowest BCUT2D eigenvalue weighted by atomic mass is 10.0. The Morgan fingerprint density at radius 1 is 1.06 bits per heavy atom. The maximum absolute atomic E-state index is 14.6. The first-order valence-corrected chi connectivity index (χ1v) is 5.63. The van der Waals surface area contributed by atoms with E-state index in [1.165, 1.54) is 11.1 Å². The average molecular weight is 215 g/mol. The van der Waals surface area contributed by atoms with Crippen molar-refractivity contribution in [2.75, 3.05) is 0 Å². The maximum atomic E-state index is 14.6. The summed E-state index contributed by atoms with van der Waals surface area (Å²) in [5.41, 5.74) is 2.50. The fraction of sp³-hybridized carbons (Fsp3) is 0.286. The van der Waals surface area contributed by atoms with Gasteiger partial charge in [-0.15, -0.1) is 0 Å². The highest BCUT2D eigenvalue weighted by Gasteiger charge is 2.37. The minimum atomic E-state index is -1.30. The van der Waals surface area contributed by atoms with Gasteiger partial charge in [-0.2, -0.15) is 0 Å². The second kappa shape index (κ2) is 3.56. The third kappa shape index (κ3) is 1.50. The summed E-state index contributed by atoms with van der Waals surface area (Å²) in [4.78, 5) is 1.90. The summed E-state index contributed by atoms with van der Waals surface area (Å²) in [6.07, 6.45) is 7.72. The van der Waals surface area contributed by atoms with E-state index in [1.54, 1.807) is 12.2 Å². The van der Waals surface area contributed by atoms with Crippen LogP contribution in [0.1, 0.15) is 17.5 Å². The summed E-state index contributed by atoms with van der Waals surface area (Å²) in [7, 11) is 0. The molecular weight excluding hydrogens is 201 g/mol. The molecule has 0 radical (unpaired) electrons. The van der Waals surface area contributed by atoms with Gasteiger partial charge in [0.1, 0.15) is 0 Å². The van der Waals surface area contributed by atoms with Gasteiger partial charge in [-0.05, 0) is 17.2 Å². The SMILES string of the molecule is FC1(N2Cc3ccccc3C2)C=CC=CC1. The molecule has 1 aliphatic heterocycles. The van der Waals surface area contributed by atoms with Gasteiger partial charge in [0.05, 0.1) is 0 Å². The lowest BCUT2D eigenvalue weighted by Crippen LogP contribution is -2.40. The average Bonchev–Trinajstić information content (AvgIpc) is 2.74. The molecule has 2 aliphatic rings. The number of allylic oxidation sites excluding steroid dienone is 2. The van der Waals surface area contributed by atoms with Crippen LogP contribution in [0.4, 0.5) is 4.39 Å². The Kier molecular flexibility index (Phi) is 2.18. The maximum Gasteiger partial charge on any atom is 0.187 e. The minimum absolute atomic E-state index is 0.456. The highest BCUT2D eigenvalue weighted by atomic mass is 19.1. The molecule has 1 nitrogen and oxygen atoms in total. The molecule has 1 aliphatic carbocycles. The highest BCUT2D eigenvalue weighted by Crippen LogP contribution is 2.34. The predicted molar refractivity (Wildman–Crippen MR) is 62.4 cm³/mol. The molecule has 3 rings (SSSR count). The molecule has 1 aromatic carbocycles. The molecule has 0 spiro atoms. The van der Waals surface area contributed by atoms with E-state index in [0.29, 0.717) is 19.5 Å². The van der Waals surface area contributed by atoms with Crippen molar-refractivity contribution < 1.29 is 4.39 Å². The van der Waals surface area contributed by atoms with Crippen LogP contribution in [-0.2, 0) is 13.1 Å². The van der Waals surface area contributed by atoms with Crippen molar-refractivity contribution in [1.29, 1.82) is 0 Å². The molecule has 1 atom stereocenters. The number of fused-ring (bicyclic) bond motifs is 1. The van der Waals surface area contributed by atoms with E-state index in [-0.39, 0.29) is 0 Å². The number of nitrogens with zero attached hydrogens (tertiary/aromatic N) is 1. The molecule has 0 bridgehead atoms. The first kappa shape index (κ1) is 9.79. The third-order valence-corrected chi connectivity index (χ3v) is 3.37. The van der Waals surface area contributed by atoms with Crippen molar-refractivity contribution in [2.45, 2.75) is 25.3 Å². The molecule has 2 heteroatoms. The molecule has 0 amide bonds. The van der Waals surface area contributed by atoms with E-state index in [4.69, 9.17) is 0 Å². The standard InChI is InChI=1S/C14H14FN/c15-14(8-4-1-5-9-14)16-10-12-6-2-3-7-13(12)11-16/h1-8H,9-11H2. The number of benzene rings is 1. The van der Waals surface area contributed by atoms with E-state index in [0.717, 1.165) is 0 Å². The van der Waals surface area contributed by atoms with E-state index in [2.05, 4.69) is 12.1 Å². The van der Waals surface area contributed by atoms with Crippen LogP contribution in [0.2, 0.25) is 0 Å². The van der Waals surface area contributed by atoms with Crippen LogP contribution in [-0.4, -0.2) is 10.7 Å². The van der Waals surface area contributed by atoms with E-state index < -0.39 is 5.79 Å². The summed E-state index contributed by atoms with van der Waals surface area (Å²) in [6, 6.07) is 8.20. The summed E-state index contributed by atoms with van der Waals surface area (Å²) in [6.45, 7) is 1.43. The van der Waals surface area contributed by atoms with Gasteiger partial charge in [0.2, 0.25) is 0 Å². The zero-order valence-electron chi connectivity index (χ0n) is 9.07. The van der Waals surface area contributed by atoms with Gasteiger partial charge < -0.3 is 0 Å². The third-order valence-electron chi connectivity index (χ3n) is 3.37. The zero-order valence-corrected chi connectivity index (χ0v) is 9.07. The molecule has 1 heterocycles. The molecule has 0 saturated heterocycles. The molecule has 82 valence electrons. The number of hydrogen-bond acceptors (Lipinski definition) is 1. The Morgan fingerprint density at radius 2 is 1.75 bits per heavy atom. The summed E-state index contributed by atoms with van der Waals surface area (Å²) in [5, 5.41) is 0. The topological polar surface area (TPSA) is 3.24 Å². The Morgan fingerprint density at radius 3 is 2.31 bits per heavy atom. The van der Waals surface area contributed by atoms with Crippen molar-refractivity contribution in [2.24, 2.45) is 0 Å². The van der Waals surface area contributed by atoms with Crippen LogP contribution < -0.4 is 0 Å². The van der Waals surface area contributed by atoms with Crippen LogP contribution in [0.3, 0.4) is 0 Å². The molecule has 0 N–H and O–H groups in total. The van der Waals surface area contributed by atoms with Gasteiger partial charge >= 0.3 is 0 Å². The van der Waals surface area contributed by atoms with E-state index in [1.807, 2.05) is 29.2 Å².